The van der Waals surface area contributed by atoms with Gasteiger partial charge >= 0.3 is 5.92 Å². The van der Waals surface area contributed by atoms with Crippen LogP contribution in [0.1, 0.15) is 28.8 Å². The van der Waals surface area contributed by atoms with Crippen LogP contribution in [0.4, 0.5) is 14.6 Å². The average molecular weight is 392 g/mol. The highest BCUT2D eigenvalue weighted by molar-refractivity contribution is 6.04. The van der Waals surface area contributed by atoms with Crippen molar-refractivity contribution in [1.29, 1.82) is 0 Å². The zero-order valence-corrected chi connectivity index (χ0v) is 15.7. The molecule has 5 rings (SSSR count). The summed E-state index contributed by atoms with van der Waals surface area (Å²) >= 11 is 0. The smallest absolute Gasteiger partial charge is 0.307 e. The number of rotatable bonds is 4. The van der Waals surface area contributed by atoms with Crippen molar-refractivity contribution in [2.45, 2.75) is 18.8 Å². The number of fused-ring (bicyclic) bond motifs is 3. The van der Waals surface area contributed by atoms with Crippen molar-refractivity contribution >= 4 is 33.7 Å². The third kappa shape index (κ3) is 3.05. The molecular formula is C23H18F2N2O2. The van der Waals surface area contributed by atoms with Crippen LogP contribution in [0.15, 0.2) is 65.1 Å². The predicted molar refractivity (Wildman–Crippen MR) is 108 cm³/mol. The Balaban J connectivity index is 1.36. The summed E-state index contributed by atoms with van der Waals surface area (Å²) in [5.74, 6) is -3.52. The Hall–Kier alpha value is -3.28. The van der Waals surface area contributed by atoms with Crippen molar-refractivity contribution in [3.05, 3.63) is 71.8 Å². The monoisotopic (exact) mass is 392 g/mol. The number of halogens is 2. The summed E-state index contributed by atoms with van der Waals surface area (Å²) in [5, 5.41) is 2.02. The van der Waals surface area contributed by atoms with Crippen molar-refractivity contribution in [1.82, 2.24) is 4.98 Å². The predicted octanol–water partition coefficient (Wildman–Crippen LogP) is 5.42. The lowest BCUT2D eigenvalue weighted by Crippen LogP contribution is -2.45. The van der Waals surface area contributed by atoms with E-state index in [2.05, 4.69) is 9.88 Å². The fourth-order valence-electron chi connectivity index (χ4n) is 3.84. The van der Waals surface area contributed by atoms with Gasteiger partial charge in [-0.15, -0.1) is 0 Å². The highest BCUT2D eigenvalue weighted by Crippen LogP contribution is 2.34. The molecule has 0 radical (unpaired) electrons. The largest absolute Gasteiger partial charge is 0.438 e. The lowest BCUT2D eigenvalue weighted by molar-refractivity contribution is 0.0221. The molecule has 0 spiro atoms. The lowest BCUT2D eigenvalue weighted by Gasteiger charge is -2.40. The summed E-state index contributed by atoms with van der Waals surface area (Å²) < 4.78 is 32.5. The summed E-state index contributed by atoms with van der Waals surface area (Å²) in [6.45, 7) is 2.05. The van der Waals surface area contributed by atoms with E-state index >= 15 is 0 Å². The van der Waals surface area contributed by atoms with E-state index in [-0.39, 0.29) is 11.5 Å². The van der Waals surface area contributed by atoms with Gasteiger partial charge < -0.3 is 9.32 Å². The maximum Gasteiger partial charge on any atom is 0.307 e. The first-order valence-corrected chi connectivity index (χ1v) is 9.46. The molecule has 1 aliphatic rings. The zero-order valence-electron chi connectivity index (χ0n) is 15.7. The van der Waals surface area contributed by atoms with Crippen LogP contribution < -0.4 is 4.90 Å². The van der Waals surface area contributed by atoms with Crippen LogP contribution in [0.3, 0.4) is 0 Å². The van der Waals surface area contributed by atoms with Gasteiger partial charge in [-0.2, -0.15) is 13.8 Å². The number of alkyl halides is 2. The summed E-state index contributed by atoms with van der Waals surface area (Å²) in [7, 11) is 0. The van der Waals surface area contributed by atoms with Crippen molar-refractivity contribution in [3.63, 3.8) is 0 Å². The minimum atomic E-state index is -3.36. The van der Waals surface area contributed by atoms with Gasteiger partial charge in [0, 0.05) is 42.3 Å². The minimum absolute atomic E-state index is 0.0512. The lowest BCUT2D eigenvalue weighted by atomic mass is 9.89. The molecule has 4 nitrogen and oxygen atoms in total. The number of Topliss-reactive ketones (excluding diaryl/α,β-unsaturated/α-hetero) is 1. The maximum atomic E-state index is 13.3. The second-order valence-corrected chi connectivity index (χ2v) is 7.57. The zero-order chi connectivity index (χ0) is 20.2. The van der Waals surface area contributed by atoms with Crippen molar-refractivity contribution in [2.24, 2.45) is 0 Å². The van der Waals surface area contributed by atoms with Gasteiger partial charge in [-0.05, 0) is 29.8 Å². The first kappa shape index (κ1) is 17.8. The van der Waals surface area contributed by atoms with E-state index in [1.165, 1.54) is 6.07 Å². The van der Waals surface area contributed by atoms with E-state index in [0.717, 1.165) is 27.7 Å². The average Bonchev–Trinajstić information content (AvgIpc) is 3.03. The highest BCUT2D eigenvalue weighted by atomic mass is 19.3. The normalized spacial score (nSPS) is 15.1. The molecule has 3 heterocycles. The van der Waals surface area contributed by atoms with E-state index in [0.29, 0.717) is 25.7 Å². The third-order valence-electron chi connectivity index (χ3n) is 5.45. The third-order valence-corrected chi connectivity index (χ3v) is 5.45. The Bertz CT molecular complexity index is 1240. The fraction of sp³-hybridized carbons (Fsp3) is 0.217. The number of benzene rings is 2. The van der Waals surface area contributed by atoms with Crippen LogP contribution >= 0.6 is 0 Å². The maximum absolute atomic E-state index is 13.3. The number of hydrogen-bond acceptors (Lipinski definition) is 4. The number of carbonyl (C=O) groups is 1. The number of ketones is 1. The Morgan fingerprint density at radius 3 is 2.66 bits per heavy atom. The molecule has 0 amide bonds. The van der Waals surface area contributed by atoms with Crippen molar-refractivity contribution in [2.75, 3.05) is 18.0 Å². The van der Waals surface area contributed by atoms with Crippen LogP contribution in [0.5, 0.6) is 0 Å². The molecule has 146 valence electrons. The number of anilines is 1. The molecule has 0 saturated carbocycles. The van der Waals surface area contributed by atoms with Gasteiger partial charge in [-0.25, -0.2) is 0 Å². The Morgan fingerprint density at radius 1 is 1.07 bits per heavy atom. The van der Waals surface area contributed by atoms with Gasteiger partial charge in [-0.1, -0.05) is 36.4 Å². The number of para-hydroxylation sites is 1. The SMILES string of the molecule is CC(F)(F)C(=O)c1cccc(C2CN(c3ccc4c(n3)oc3ccccc34)C2)c1. The summed E-state index contributed by atoms with van der Waals surface area (Å²) in [4.78, 5) is 18.6. The topological polar surface area (TPSA) is 46.3 Å². The number of hydrogen-bond donors (Lipinski definition) is 0. The van der Waals surface area contributed by atoms with Gasteiger partial charge in [0.25, 0.3) is 0 Å². The Kier molecular flexibility index (Phi) is 3.91. The fourth-order valence-corrected chi connectivity index (χ4v) is 3.84. The van der Waals surface area contributed by atoms with E-state index in [1.54, 1.807) is 12.1 Å². The summed E-state index contributed by atoms with van der Waals surface area (Å²) in [6, 6.07) is 18.4. The molecule has 0 N–H and O–H groups in total. The van der Waals surface area contributed by atoms with Gasteiger partial charge in [0.2, 0.25) is 11.5 Å². The molecule has 29 heavy (non-hydrogen) atoms. The molecule has 1 saturated heterocycles. The van der Waals surface area contributed by atoms with Gasteiger partial charge in [-0.3, -0.25) is 4.79 Å². The van der Waals surface area contributed by atoms with E-state index in [4.69, 9.17) is 4.42 Å². The van der Waals surface area contributed by atoms with Crippen molar-refractivity contribution < 1.29 is 18.0 Å². The number of furan rings is 1. The second kappa shape index (κ2) is 6.37. The molecule has 1 fully saturated rings. The van der Waals surface area contributed by atoms with Crippen LogP contribution in [-0.2, 0) is 0 Å². The summed E-state index contributed by atoms with van der Waals surface area (Å²) in [5.41, 5.74) is 2.35. The summed E-state index contributed by atoms with van der Waals surface area (Å²) in [6.07, 6.45) is 0. The number of aromatic nitrogens is 1. The molecule has 0 unspecified atom stereocenters. The van der Waals surface area contributed by atoms with Gasteiger partial charge in [0.15, 0.2) is 0 Å². The van der Waals surface area contributed by atoms with E-state index in [9.17, 15) is 13.6 Å². The van der Waals surface area contributed by atoms with Gasteiger partial charge in [0.05, 0.1) is 0 Å². The molecule has 0 aliphatic carbocycles. The standard InChI is InChI=1S/C23H18F2N2O2/c1-23(24,25)21(28)15-6-4-5-14(11-15)16-12-27(13-16)20-10-9-18-17-7-2-3-8-19(17)29-22(18)26-20/h2-11,16H,12-13H2,1H3. The molecule has 0 atom stereocenters. The molecule has 1 aliphatic heterocycles. The Morgan fingerprint density at radius 2 is 1.86 bits per heavy atom. The highest BCUT2D eigenvalue weighted by Gasteiger charge is 2.34. The first-order valence-electron chi connectivity index (χ1n) is 9.46. The second-order valence-electron chi connectivity index (χ2n) is 7.57. The van der Waals surface area contributed by atoms with E-state index < -0.39 is 11.7 Å². The quantitative estimate of drug-likeness (QED) is 0.435. The van der Waals surface area contributed by atoms with Crippen LogP contribution in [0.2, 0.25) is 0 Å². The van der Waals surface area contributed by atoms with Gasteiger partial charge in [0.1, 0.15) is 11.4 Å². The minimum Gasteiger partial charge on any atom is -0.438 e. The van der Waals surface area contributed by atoms with Crippen LogP contribution in [0, 0.1) is 0 Å². The molecule has 6 heteroatoms. The number of carbonyl (C=O) groups excluding carboxylic acids is 1. The molecule has 2 aromatic carbocycles. The van der Waals surface area contributed by atoms with Crippen LogP contribution in [0.25, 0.3) is 22.1 Å². The Labute approximate surface area is 165 Å². The van der Waals surface area contributed by atoms with Crippen molar-refractivity contribution in [3.8, 4) is 0 Å². The van der Waals surface area contributed by atoms with E-state index in [1.807, 2.05) is 42.5 Å². The molecular weight excluding hydrogens is 374 g/mol. The molecule has 2 aromatic heterocycles. The van der Waals surface area contributed by atoms with Crippen LogP contribution in [-0.4, -0.2) is 29.8 Å². The molecule has 4 aromatic rings. The number of pyridine rings is 1. The first-order chi connectivity index (χ1) is 13.9. The molecule has 0 bridgehead atoms. The number of nitrogens with zero attached hydrogens (tertiary/aromatic N) is 2.